The molecule has 0 heterocycles. The van der Waals surface area contributed by atoms with Crippen molar-refractivity contribution in [3.63, 3.8) is 0 Å². The highest BCUT2D eigenvalue weighted by Crippen LogP contribution is 2.07. The van der Waals surface area contributed by atoms with Crippen molar-refractivity contribution in [2.75, 3.05) is 0 Å². The van der Waals surface area contributed by atoms with Gasteiger partial charge in [0.1, 0.15) is 6.04 Å². The summed E-state index contributed by atoms with van der Waals surface area (Å²) in [6.45, 7) is 3.87. The van der Waals surface area contributed by atoms with Crippen molar-refractivity contribution in [1.29, 1.82) is 0 Å². The van der Waals surface area contributed by atoms with Crippen molar-refractivity contribution in [3.05, 3.63) is 0 Å². The Morgan fingerprint density at radius 2 is 1.94 bits per heavy atom. The van der Waals surface area contributed by atoms with Gasteiger partial charge in [-0.2, -0.15) is 0 Å². The van der Waals surface area contributed by atoms with E-state index >= 15 is 0 Å². The fraction of sp³-hybridized carbons (Fsp3) is 0.727. The fourth-order valence-corrected chi connectivity index (χ4v) is 1.26. The Morgan fingerprint density at radius 3 is 2.35 bits per heavy atom. The van der Waals surface area contributed by atoms with Crippen LogP contribution in [0.1, 0.15) is 39.5 Å². The van der Waals surface area contributed by atoms with Crippen LogP contribution in [0.5, 0.6) is 0 Å². The second-order valence-corrected chi connectivity index (χ2v) is 4.18. The lowest BCUT2D eigenvalue weighted by Crippen LogP contribution is -2.41. The average molecular weight is 244 g/mol. The first-order valence-corrected chi connectivity index (χ1v) is 5.67. The van der Waals surface area contributed by atoms with Gasteiger partial charge in [0.25, 0.3) is 0 Å². The number of carboxylic acid groups (broad SMARTS) is 1. The summed E-state index contributed by atoms with van der Waals surface area (Å²) in [6.07, 6.45) is 1.11. The average Bonchev–Trinajstić information content (AvgIpc) is 2.23. The number of carboxylic acids is 1. The molecule has 98 valence electrons. The van der Waals surface area contributed by atoms with E-state index in [-0.39, 0.29) is 31.1 Å². The summed E-state index contributed by atoms with van der Waals surface area (Å²) in [4.78, 5) is 32.9. The summed E-state index contributed by atoms with van der Waals surface area (Å²) in [5.74, 6) is -1.83. The van der Waals surface area contributed by atoms with E-state index in [2.05, 4.69) is 5.32 Å². The smallest absolute Gasteiger partial charge is 0.326 e. The van der Waals surface area contributed by atoms with Crippen LogP contribution in [0.3, 0.4) is 0 Å². The molecule has 0 aromatic rings. The number of nitrogens with two attached hydrogens (primary N) is 1. The predicted octanol–water partition coefficient (Wildman–Crippen LogP) is 0.258. The zero-order chi connectivity index (χ0) is 13.4. The number of nitrogens with one attached hydrogen (secondary N) is 1. The van der Waals surface area contributed by atoms with Gasteiger partial charge in [0.15, 0.2) is 0 Å². The Kier molecular flexibility index (Phi) is 6.93. The van der Waals surface area contributed by atoms with Crippen LogP contribution in [0.25, 0.3) is 0 Å². The van der Waals surface area contributed by atoms with Crippen LogP contribution in [-0.2, 0) is 14.4 Å². The zero-order valence-electron chi connectivity index (χ0n) is 10.2. The van der Waals surface area contributed by atoms with Gasteiger partial charge in [-0.05, 0) is 12.3 Å². The number of carbonyl (C=O) groups excluding carboxylic acids is 2. The lowest BCUT2D eigenvalue weighted by molar-refractivity contribution is -0.142. The van der Waals surface area contributed by atoms with Crippen LogP contribution in [0.2, 0.25) is 0 Å². The van der Waals surface area contributed by atoms with E-state index in [1.165, 1.54) is 0 Å². The van der Waals surface area contributed by atoms with Gasteiger partial charge in [-0.1, -0.05) is 20.3 Å². The molecule has 4 N–H and O–H groups in total. The summed E-state index contributed by atoms with van der Waals surface area (Å²) in [7, 11) is 0. The van der Waals surface area contributed by atoms with Crippen molar-refractivity contribution < 1.29 is 19.5 Å². The van der Waals surface area contributed by atoms with Crippen molar-refractivity contribution in [3.8, 4) is 0 Å². The van der Waals surface area contributed by atoms with E-state index in [1.54, 1.807) is 0 Å². The van der Waals surface area contributed by atoms with Crippen molar-refractivity contribution >= 4 is 17.8 Å². The van der Waals surface area contributed by atoms with E-state index in [9.17, 15) is 14.4 Å². The molecule has 0 saturated carbocycles. The molecule has 0 aromatic heterocycles. The molecule has 2 amide bonds. The molecular weight excluding hydrogens is 224 g/mol. The van der Waals surface area contributed by atoms with Crippen LogP contribution in [0.4, 0.5) is 0 Å². The Balaban J connectivity index is 4.20. The van der Waals surface area contributed by atoms with E-state index in [1.807, 2.05) is 13.8 Å². The maximum Gasteiger partial charge on any atom is 0.326 e. The molecule has 2 atom stereocenters. The summed E-state index contributed by atoms with van der Waals surface area (Å²) in [5, 5.41) is 11.3. The molecule has 6 heteroatoms. The third kappa shape index (κ3) is 7.32. The lowest BCUT2D eigenvalue weighted by atomic mass is 10.0. The van der Waals surface area contributed by atoms with E-state index in [4.69, 9.17) is 10.8 Å². The van der Waals surface area contributed by atoms with Gasteiger partial charge in [-0.25, -0.2) is 4.79 Å². The van der Waals surface area contributed by atoms with Gasteiger partial charge in [-0.3, -0.25) is 9.59 Å². The number of rotatable bonds is 8. The summed E-state index contributed by atoms with van der Waals surface area (Å²) < 4.78 is 0. The Hall–Kier alpha value is -1.59. The predicted molar refractivity (Wildman–Crippen MR) is 62.1 cm³/mol. The molecule has 0 fully saturated rings. The van der Waals surface area contributed by atoms with Crippen molar-refractivity contribution in [2.24, 2.45) is 11.7 Å². The standard InChI is InChI=1S/C11H20N2O4/c1-3-7(2)6-10(15)13-8(11(16)17)4-5-9(12)14/h7-8H,3-6H2,1-2H3,(H2,12,14)(H,13,15)(H,16,17)/t7?,8-/m1/s1. The molecule has 0 rings (SSSR count). The van der Waals surface area contributed by atoms with Gasteiger partial charge in [0.05, 0.1) is 0 Å². The number of primary amides is 1. The lowest BCUT2D eigenvalue weighted by Gasteiger charge is -2.15. The minimum atomic E-state index is -1.15. The number of carbonyl (C=O) groups is 3. The molecule has 0 aliphatic carbocycles. The van der Waals surface area contributed by atoms with Gasteiger partial charge in [-0.15, -0.1) is 0 Å². The minimum Gasteiger partial charge on any atom is -0.480 e. The van der Waals surface area contributed by atoms with E-state index < -0.39 is 17.9 Å². The summed E-state index contributed by atoms with van der Waals surface area (Å²) in [6, 6.07) is -1.04. The summed E-state index contributed by atoms with van der Waals surface area (Å²) in [5.41, 5.74) is 4.93. The van der Waals surface area contributed by atoms with Crippen LogP contribution < -0.4 is 11.1 Å². The first kappa shape index (κ1) is 15.4. The maximum absolute atomic E-state index is 11.5. The summed E-state index contributed by atoms with van der Waals surface area (Å²) >= 11 is 0. The van der Waals surface area contributed by atoms with Crippen LogP contribution in [0, 0.1) is 5.92 Å². The third-order valence-electron chi connectivity index (χ3n) is 2.54. The molecule has 0 radical (unpaired) electrons. The SMILES string of the molecule is CCC(C)CC(=O)N[C@H](CCC(N)=O)C(=O)O. The van der Waals surface area contributed by atoms with E-state index in [0.29, 0.717) is 0 Å². The second kappa shape index (κ2) is 7.65. The van der Waals surface area contributed by atoms with Gasteiger partial charge < -0.3 is 16.2 Å². The molecule has 6 nitrogen and oxygen atoms in total. The quantitative estimate of drug-likeness (QED) is 0.568. The number of amides is 2. The minimum absolute atomic E-state index is 0.0247. The van der Waals surface area contributed by atoms with Gasteiger partial charge in [0.2, 0.25) is 11.8 Å². The Morgan fingerprint density at radius 1 is 1.35 bits per heavy atom. The molecule has 0 spiro atoms. The zero-order valence-corrected chi connectivity index (χ0v) is 10.2. The molecule has 0 bridgehead atoms. The Labute approximate surface area is 101 Å². The molecule has 0 aromatic carbocycles. The van der Waals surface area contributed by atoms with Gasteiger partial charge >= 0.3 is 5.97 Å². The Bertz CT molecular complexity index is 291. The van der Waals surface area contributed by atoms with Crippen molar-refractivity contribution in [2.45, 2.75) is 45.6 Å². The normalized spacial score (nSPS) is 13.8. The number of hydrogen-bond acceptors (Lipinski definition) is 3. The number of aliphatic carboxylic acids is 1. The van der Waals surface area contributed by atoms with E-state index in [0.717, 1.165) is 6.42 Å². The maximum atomic E-state index is 11.5. The first-order chi connectivity index (χ1) is 7.86. The molecule has 0 aliphatic rings. The van der Waals surface area contributed by atoms with Crippen LogP contribution in [0.15, 0.2) is 0 Å². The van der Waals surface area contributed by atoms with Crippen LogP contribution >= 0.6 is 0 Å². The highest BCUT2D eigenvalue weighted by atomic mass is 16.4. The fourth-order valence-electron chi connectivity index (χ4n) is 1.26. The number of hydrogen-bond donors (Lipinski definition) is 3. The highest BCUT2D eigenvalue weighted by molar-refractivity contribution is 5.84. The first-order valence-electron chi connectivity index (χ1n) is 5.67. The monoisotopic (exact) mass is 244 g/mol. The molecule has 0 aliphatic heterocycles. The third-order valence-corrected chi connectivity index (χ3v) is 2.54. The van der Waals surface area contributed by atoms with Crippen LogP contribution in [-0.4, -0.2) is 28.9 Å². The largest absolute Gasteiger partial charge is 0.480 e. The molecule has 1 unspecified atom stereocenters. The molecule has 17 heavy (non-hydrogen) atoms. The van der Waals surface area contributed by atoms with Crippen molar-refractivity contribution in [1.82, 2.24) is 5.32 Å². The second-order valence-electron chi connectivity index (χ2n) is 4.18. The molecule has 0 saturated heterocycles. The van der Waals surface area contributed by atoms with Gasteiger partial charge in [0, 0.05) is 12.8 Å². The molecular formula is C11H20N2O4. The highest BCUT2D eigenvalue weighted by Gasteiger charge is 2.20. The topological polar surface area (TPSA) is 109 Å².